The molecule has 0 aromatic heterocycles. The molecule has 3 rings (SSSR count). The molecule has 1 N–H and O–H groups in total. The standard InChI is InChI=1S/C16H28N2O2/c1-12(16(20)17-9-2-3-10-17)18-11-5-7-14(18)13-6-4-8-15(13)19/h12-15,19H,2-11H2,1H3. The molecule has 1 amide bonds. The van der Waals surface area contributed by atoms with E-state index in [1.165, 1.54) is 6.42 Å². The molecular formula is C16H28N2O2. The maximum Gasteiger partial charge on any atom is 0.239 e. The number of amides is 1. The fraction of sp³-hybridized carbons (Fsp3) is 0.938. The molecule has 4 heteroatoms. The smallest absolute Gasteiger partial charge is 0.239 e. The molecule has 4 unspecified atom stereocenters. The van der Waals surface area contributed by atoms with E-state index in [1.807, 2.05) is 4.90 Å². The number of likely N-dealkylation sites (tertiary alicyclic amines) is 2. The van der Waals surface area contributed by atoms with Crippen molar-refractivity contribution in [3.8, 4) is 0 Å². The number of aliphatic hydroxyl groups is 1. The lowest BCUT2D eigenvalue weighted by Crippen LogP contribution is -2.50. The van der Waals surface area contributed by atoms with Crippen LogP contribution in [0.25, 0.3) is 0 Å². The van der Waals surface area contributed by atoms with E-state index in [1.54, 1.807) is 0 Å². The second kappa shape index (κ2) is 6.02. The number of hydrogen-bond acceptors (Lipinski definition) is 3. The van der Waals surface area contributed by atoms with Gasteiger partial charge in [0.25, 0.3) is 0 Å². The first-order valence-corrected chi connectivity index (χ1v) is 8.41. The molecule has 114 valence electrons. The molecule has 2 heterocycles. The van der Waals surface area contributed by atoms with Crippen molar-refractivity contribution in [2.24, 2.45) is 5.92 Å². The first-order chi connectivity index (χ1) is 9.68. The van der Waals surface area contributed by atoms with Gasteiger partial charge in [-0.05, 0) is 52.0 Å². The summed E-state index contributed by atoms with van der Waals surface area (Å²) in [6, 6.07) is 0.419. The molecule has 1 saturated carbocycles. The third-order valence-electron chi connectivity index (χ3n) is 5.64. The number of carbonyl (C=O) groups excluding carboxylic acids is 1. The van der Waals surface area contributed by atoms with Gasteiger partial charge in [0.1, 0.15) is 0 Å². The normalized spacial score (nSPS) is 36.7. The van der Waals surface area contributed by atoms with Gasteiger partial charge in [0.05, 0.1) is 12.1 Å². The van der Waals surface area contributed by atoms with Crippen LogP contribution in [0, 0.1) is 5.92 Å². The Balaban J connectivity index is 1.66. The van der Waals surface area contributed by atoms with Crippen molar-refractivity contribution < 1.29 is 9.90 Å². The fourth-order valence-corrected chi connectivity index (χ4v) is 4.52. The van der Waals surface area contributed by atoms with Gasteiger partial charge in [0, 0.05) is 25.0 Å². The average molecular weight is 280 g/mol. The minimum Gasteiger partial charge on any atom is -0.393 e. The minimum absolute atomic E-state index is 0.00611. The third-order valence-corrected chi connectivity index (χ3v) is 5.64. The van der Waals surface area contributed by atoms with Crippen LogP contribution in [0.3, 0.4) is 0 Å². The molecule has 0 bridgehead atoms. The van der Waals surface area contributed by atoms with Gasteiger partial charge in [0.2, 0.25) is 5.91 Å². The summed E-state index contributed by atoms with van der Waals surface area (Å²) >= 11 is 0. The lowest BCUT2D eigenvalue weighted by atomic mass is 9.93. The van der Waals surface area contributed by atoms with Crippen molar-refractivity contribution in [3.05, 3.63) is 0 Å². The molecule has 4 atom stereocenters. The summed E-state index contributed by atoms with van der Waals surface area (Å²) in [7, 11) is 0. The number of carbonyl (C=O) groups is 1. The maximum atomic E-state index is 12.6. The topological polar surface area (TPSA) is 43.8 Å². The summed E-state index contributed by atoms with van der Waals surface area (Å²) in [4.78, 5) is 17.0. The Kier molecular flexibility index (Phi) is 4.32. The van der Waals surface area contributed by atoms with E-state index in [0.29, 0.717) is 17.9 Å². The van der Waals surface area contributed by atoms with Crippen molar-refractivity contribution in [1.82, 2.24) is 9.80 Å². The van der Waals surface area contributed by atoms with Crippen LogP contribution >= 0.6 is 0 Å². The molecule has 2 saturated heterocycles. The van der Waals surface area contributed by atoms with Gasteiger partial charge in [-0.25, -0.2) is 0 Å². The van der Waals surface area contributed by atoms with Gasteiger partial charge in [-0.3, -0.25) is 9.69 Å². The van der Waals surface area contributed by atoms with Crippen LogP contribution in [0.15, 0.2) is 0 Å². The first-order valence-electron chi connectivity index (χ1n) is 8.41. The highest BCUT2D eigenvalue weighted by molar-refractivity contribution is 5.81. The van der Waals surface area contributed by atoms with Gasteiger partial charge in [0.15, 0.2) is 0 Å². The summed E-state index contributed by atoms with van der Waals surface area (Å²) in [6.45, 7) is 4.97. The molecule has 0 aromatic carbocycles. The minimum atomic E-state index is -0.144. The predicted octanol–water partition coefficient (Wildman–Crippen LogP) is 1.62. The third kappa shape index (κ3) is 2.60. The molecule has 0 aromatic rings. The fourth-order valence-electron chi connectivity index (χ4n) is 4.52. The summed E-state index contributed by atoms with van der Waals surface area (Å²) in [5.74, 6) is 0.702. The SMILES string of the molecule is CC(C(=O)N1CCCC1)N1CCCC1C1CCCC1O. The van der Waals surface area contributed by atoms with Crippen LogP contribution in [0.4, 0.5) is 0 Å². The van der Waals surface area contributed by atoms with Crippen molar-refractivity contribution >= 4 is 5.91 Å². The van der Waals surface area contributed by atoms with Crippen molar-refractivity contribution in [1.29, 1.82) is 0 Å². The molecule has 3 aliphatic rings. The number of rotatable bonds is 3. The quantitative estimate of drug-likeness (QED) is 0.854. The summed E-state index contributed by atoms with van der Waals surface area (Å²) < 4.78 is 0. The van der Waals surface area contributed by atoms with Crippen LogP contribution in [-0.2, 0) is 4.79 Å². The van der Waals surface area contributed by atoms with Crippen LogP contribution in [0.2, 0.25) is 0 Å². The van der Waals surface area contributed by atoms with Crippen molar-refractivity contribution in [2.45, 2.75) is 70.1 Å². The molecule has 0 spiro atoms. The monoisotopic (exact) mass is 280 g/mol. The molecule has 20 heavy (non-hydrogen) atoms. The molecule has 4 nitrogen and oxygen atoms in total. The lowest BCUT2D eigenvalue weighted by molar-refractivity contribution is -0.136. The molecule has 0 radical (unpaired) electrons. The zero-order valence-electron chi connectivity index (χ0n) is 12.6. The van der Waals surface area contributed by atoms with E-state index in [0.717, 1.165) is 58.2 Å². The van der Waals surface area contributed by atoms with Crippen molar-refractivity contribution in [2.75, 3.05) is 19.6 Å². The lowest BCUT2D eigenvalue weighted by Gasteiger charge is -2.36. The Labute approximate surface area is 122 Å². The van der Waals surface area contributed by atoms with E-state index >= 15 is 0 Å². The molecule has 3 fully saturated rings. The summed E-state index contributed by atoms with van der Waals surface area (Å²) in [5, 5.41) is 10.2. The van der Waals surface area contributed by atoms with Gasteiger partial charge >= 0.3 is 0 Å². The van der Waals surface area contributed by atoms with Crippen LogP contribution in [-0.4, -0.2) is 58.6 Å². The van der Waals surface area contributed by atoms with Crippen LogP contribution in [0.1, 0.15) is 51.9 Å². The first kappa shape index (κ1) is 14.3. The van der Waals surface area contributed by atoms with E-state index < -0.39 is 0 Å². The van der Waals surface area contributed by atoms with Gasteiger partial charge in [-0.15, -0.1) is 0 Å². The van der Waals surface area contributed by atoms with Gasteiger partial charge in [-0.2, -0.15) is 0 Å². The van der Waals surface area contributed by atoms with Crippen LogP contribution < -0.4 is 0 Å². The highest BCUT2D eigenvalue weighted by Crippen LogP contribution is 2.36. The Morgan fingerprint density at radius 1 is 1.05 bits per heavy atom. The molecule has 2 aliphatic heterocycles. The second-order valence-corrected chi connectivity index (χ2v) is 6.82. The second-order valence-electron chi connectivity index (χ2n) is 6.82. The van der Waals surface area contributed by atoms with Gasteiger partial charge in [-0.1, -0.05) is 6.42 Å². The van der Waals surface area contributed by atoms with Crippen LogP contribution in [0.5, 0.6) is 0 Å². The van der Waals surface area contributed by atoms with E-state index in [9.17, 15) is 9.90 Å². The Morgan fingerprint density at radius 2 is 1.80 bits per heavy atom. The van der Waals surface area contributed by atoms with E-state index in [4.69, 9.17) is 0 Å². The van der Waals surface area contributed by atoms with E-state index in [-0.39, 0.29) is 12.1 Å². The molecule has 1 aliphatic carbocycles. The zero-order valence-corrected chi connectivity index (χ0v) is 12.6. The van der Waals surface area contributed by atoms with E-state index in [2.05, 4.69) is 11.8 Å². The highest BCUT2D eigenvalue weighted by Gasteiger charge is 2.42. The number of hydrogen-bond donors (Lipinski definition) is 1. The zero-order chi connectivity index (χ0) is 14.1. The molecular weight excluding hydrogens is 252 g/mol. The maximum absolute atomic E-state index is 12.6. The average Bonchev–Trinajstić information content (AvgIpc) is 3.17. The Hall–Kier alpha value is -0.610. The highest BCUT2D eigenvalue weighted by atomic mass is 16.3. The number of nitrogens with zero attached hydrogens (tertiary/aromatic N) is 2. The predicted molar refractivity (Wildman–Crippen MR) is 78.4 cm³/mol. The summed E-state index contributed by atoms with van der Waals surface area (Å²) in [6.07, 6.45) is 7.72. The Bertz CT molecular complexity index is 354. The Morgan fingerprint density at radius 3 is 2.45 bits per heavy atom. The largest absolute Gasteiger partial charge is 0.393 e. The summed E-state index contributed by atoms with van der Waals surface area (Å²) in [5.41, 5.74) is 0. The number of aliphatic hydroxyl groups excluding tert-OH is 1. The van der Waals surface area contributed by atoms with Gasteiger partial charge < -0.3 is 10.0 Å². The van der Waals surface area contributed by atoms with Crippen molar-refractivity contribution in [3.63, 3.8) is 0 Å².